The van der Waals surface area contributed by atoms with Crippen LogP contribution in [0.1, 0.15) is 15.9 Å². The minimum Gasteiger partial charge on any atom is -0.487 e. The van der Waals surface area contributed by atoms with E-state index in [1.165, 1.54) is 0 Å². The Morgan fingerprint density at radius 3 is 2.77 bits per heavy atom. The Morgan fingerprint density at radius 2 is 1.86 bits per heavy atom. The highest BCUT2D eigenvalue weighted by Crippen LogP contribution is 2.38. The van der Waals surface area contributed by atoms with Gasteiger partial charge in [0.1, 0.15) is 12.4 Å². The first-order valence-electron chi connectivity index (χ1n) is 6.79. The molecule has 0 spiro atoms. The fraction of sp³-hybridized carbons (Fsp3) is 0.118. The first kappa shape index (κ1) is 13.4. The number of benzene rings is 2. The van der Waals surface area contributed by atoms with Gasteiger partial charge in [-0.05, 0) is 40.2 Å². The highest BCUT2D eigenvalue weighted by Gasteiger charge is 2.26. The van der Waals surface area contributed by atoms with Crippen LogP contribution < -0.4 is 14.2 Å². The number of halogens is 1. The van der Waals surface area contributed by atoms with Crippen molar-refractivity contribution in [1.29, 1.82) is 0 Å². The van der Waals surface area contributed by atoms with Crippen molar-refractivity contribution in [3.05, 3.63) is 57.6 Å². The van der Waals surface area contributed by atoms with E-state index in [1.54, 1.807) is 12.1 Å². The van der Waals surface area contributed by atoms with Crippen molar-refractivity contribution in [3.63, 3.8) is 0 Å². The monoisotopic (exact) mass is 358 g/mol. The maximum Gasteiger partial charge on any atom is 0.231 e. The van der Waals surface area contributed by atoms with E-state index in [0.717, 1.165) is 10.0 Å². The average molecular weight is 359 g/mol. The lowest BCUT2D eigenvalue weighted by molar-refractivity contribution is 0.100. The minimum absolute atomic E-state index is 0.0286. The Morgan fingerprint density at radius 1 is 1.00 bits per heavy atom. The van der Waals surface area contributed by atoms with Gasteiger partial charge in [-0.2, -0.15) is 0 Å². The van der Waals surface area contributed by atoms with Crippen molar-refractivity contribution in [2.75, 3.05) is 13.4 Å². The summed E-state index contributed by atoms with van der Waals surface area (Å²) < 4.78 is 17.3. The minimum atomic E-state index is -0.0286. The molecule has 2 heterocycles. The van der Waals surface area contributed by atoms with Gasteiger partial charge in [-0.3, -0.25) is 4.79 Å². The molecule has 2 aromatic carbocycles. The molecule has 110 valence electrons. The van der Waals surface area contributed by atoms with E-state index in [2.05, 4.69) is 15.9 Å². The number of hydrogen-bond donors (Lipinski definition) is 0. The van der Waals surface area contributed by atoms with E-state index in [1.807, 2.05) is 30.3 Å². The summed E-state index contributed by atoms with van der Waals surface area (Å²) in [4.78, 5) is 12.6. The molecule has 5 heteroatoms. The second-order valence-electron chi connectivity index (χ2n) is 4.98. The molecule has 4 rings (SSSR count). The molecule has 0 saturated carbocycles. The van der Waals surface area contributed by atoms with Crippen molar-refractivity contribution in [3.8, 4) is 17.2 Å². The molecule has 4 nitrogen and oxygen atoms in total. The lowest BCUT2D eigenvalue weighted by Crippen LogP contribution is -2.19. The van der Waals surface area contributed by atoms with E-state index in [9.17, 15) is 4.79 Å². The summed E-state index contributed by atoms with van der Waals surface area (Å²) in [5.74, 6) is 1.94. The number of fused-ring (bicyclic) bond motifs is 2. The second kappa shape index (κ2) is 5.18. The van der Waals surface area contributed by atoms with Crippen LogP contribution in [0.2, 0.25) is 0 Å². The summed E-state index contributed by atoms with van der Waals surface area (Å²) in [5.41, 5.74) is 1.98. The SMILES string of the molecule is O=C1/C(=C/c2cccc3c2OCO3)COc2c(Br)cccc21. The molecule has 0 aromatic heterocycles. The van der Waals surface area contributed by atoms with Crippen LogP contribution in [-0.4, -0.2) is 19.2 Å². The standard InChI is InChI=1S/C17H11BrO4/c18-13-5-2-4-12-15(19)11(8-20-17(12)13)7-10-3-1-6-14-16(10)22-9-21-14/h1-7H,8-9H2/b11-7+. The van der Waals surface area contributed by atoms with E-state index in [-0.39, 0.29) is 19.2 Å². The zero-order chi connectivity index (χ0) is 15.1. The maximum atomic E-state index is 12.6. The smallest absolute Gasteiger partial charge is 0.231 e. The van der Waals surface area contributed by atoms with Gasteiger partial charge >= 0.3 is 0 Å². The third kappa shape index (κ3) is 2.09. The number of ketones is 1. The zero-order valence-electron chi connectivity index (χ0n) is 11.5. The van der Waals surface area contributed by atoms with Crippen molar-refractivity contribution in [1.82, 2.24) is 0 Å². The summed E-state index contributed by atoms with van der Waals surface area (Å²) in [6.45, 7) is 0.439. The first-order valence-corrected chi connectivity index (χ1v) is 7.58. The van der Waals surface area contributed by atoms with E-state index in [0.29, 0.717) is 28.4 Å². The molecule has 0 amide bonds. The van der Waals surface area contributed by atoms with Gasteiger partial charge in [0.05, 0.1) is 10.0 Å². The number of carbonyl (C=O) groups is 1. The van der Waals surface area contributed by atoms with Gasteiger partial charge in [0.25, 0.3) is 0 Å². The Labute approximate surface area is 135 Å². The van der Waals surface area contributed by atoms with Crippen molar-refractivity contribution >= 4 is 27.8 Å². The molecule has 2 aromatic rings. The van der Waals surface area contributed by atoms with Gasteiger partial charge in [-0.15, -0.1) is 0 Å². The van der Waals surface area contributed by atoms with Crippen LogP contribution >= 0.6 is 15.9 Å². The lowest BCUT2D eigenvalue weighted by Gasteiger charge is -2.20. The Kier molecular flexibility index (Phi) is 3.15. The van der Waals surface area contributed by atoms with Crippen molar-refractivity contribution < 1.29 is 19.0 Å². The molecule has 0 atom stereocenters. The molecular weight excluding hydrogens is 348 g/mol. The Bertz CT molecular complexity index is 810. The van der Waals surface area contributed by atoms with Gasteiger partial charge in [0, 0.05) is 11.1 Å². The van der Waals surface area contributed by atoms with Crippen LogP contribution in [0, 0.1) is 0 Å². The number of ether oxygens (including phenoxy) is 3. The maximum absolute atomic E-state index is 12.6. The van der Waals surface area contributed by atoms with E-state index < -0.39 is 0 Å². The molecule has 0 radical (unpaired) electrons. The highest BCUT2D eigenvalue weighted by molar-refractivity contribution is 9.10. The van der Waals surface area contributed by atoms with Gasteiger partial charge in [-0.1, -0.05) is 18.2 Å². The average Bonchev–Trinajstić information content (AvgIpc) is 3.00. The van der Waals surface area contributed by atoms with Crippen LogP contribution in [0.4, 0.5) is 0 Å². The van der Waals surface area contributed by atoms with Crippen molar-refractivity contribution in [2.45, 2.75) is 0 Å². The number of rotatable bonds is 1. The third-order valence-corrected chi connectivity index (χ3v) is 4.26. The van der Waals surface area contributed by atoms with Gasteiger partial charge in [0.2, 0.25) is 6.79 Å². The molecule has 0 unspecified atom stereocenters. The molecule has 2 aliphatic heterocycles. The largest absolute Gasteiger partial charge is 0.487 e. The first-order chi connectivity index (χ1) is 10.7. The molecule has 0 fully saturated rings. The number of hydrogen-bond acceptors (Lipinski definition) is 4. The summed E-state index contributed by atoms with van der Waals surface area (Å²) in [5, 5.41) is 0. The molecular formula is C17H11BrO4. The van der Waals surface area contributed by atoms with Crippen LogP contribution in [0.15, 0.2) is 46.4 Å². The third-order valence-electron chi connectivity index (χ3n) is 3.63. The number of para-hydroxylation sites is 2. The Balaban J connectivity index is 1.76. The normalized spacial score (nSPS) is 17.3. The summed E-state index contributed by atoms with van der Waals surface area (Å²) in [6.07, 6.45) is 1.81. The molecule has 22 heavy (non-hydrogen) atoms. The summed E-state index contributed by atoms with van der Waals surface area (Å²) in [6, 6.07) is 11.1. The van der Waals surface area contributed by atoms with Crippen LogP contribution in [0.25, 0.3) is 6.08 Å². The highest BCUT2D eigenvalue weighted by atomic mass is 79.9. The predicted molar refractivity (Wildman–Crippen MR) is 84.5 cm³/mol. The zero-order valence-corrected chi connectivity index (χ0v) is 13.1. The molecule has 0 saturated heterocycles. The van der Waals surface area contributed by atoms with Crippen LogP contribution in [0.5, 0.6) is 17.2 Å². The summed E-state index contributed by atoms with van der Waals surface area (Å²) >= 11 is 3.40. The van der Waals surface area contributed by atoms with Crippen molar-refractivity contribution in [2.24, 2.45) is 0 Å². The number of carbonyl (C=O) groups excluding carboxylic acids is 1. The van der Waals surface area contributed by atoms with Crippen LogP contribution in [0.3, 0.4) is 0 Å². The fourth-order valence-electron chi connectivity index (χ4n) is 2.58. The second-order valence-corrected chi connectivity index (χ2v) is 5.84. The Hall–Kier alpha value is -2.27. The van der Waals surface area contributed by atoms with E-state index >= 15 is 0 Å². The number of Topliss-reactive ketones (excluding diaryl/α,β-unsaturated/α-hetero) is 1. The van der Waals surface area contributed by atoms with E-state index in [4.69, 9.17) is 14.2 Å². The molecule has 0 N–H and O–H groups in total. The fourth-order valence-corrected chi connectivity index (χ4v) is 3.06. The topological polar surface area (TPSA) is 44.8 Å². The predicted octanol–water partition coefficient (Wildman–Crippen LogP) is 3.84. The van der Waals surface area contributed by atoms with Crippen LogP contribution in [-0.2, 0) is 0 Å². The quantitative estimate of drug-likeness (QED) is 0.726. The lowest BCUT2D eigenvalue weighted by atomic mass is 9.98. The van der Waals surface area contributed by atoms with Gasteiger partial charge in [-0.25, -0.2) is 0 Å². The molecule has 2 aliphatic rings. The van der Waals surface area contributed by atoms with Gasteiger partial charge < -0.3 is 14.2 Å². The molecule has 0 bridgehead atoms. The molecule has 0 aliphatic carbocycles. The van der Waals surface area contributed by atoms with Gasteiger partial charge in [0.15, 0.2) is 17.3 Å². The summed E-state index contributed by atoms with van der Waals surface area (Å²) in [7, 11) is 0.